The quantitative estimate of drug-likeness (QED) is 0.772. The van der Waals surface area contributed by atoms with Crippen molar-refractivity contribution >= 4 is 11.2 Å². The number of hydrogen-bond acceptors (Lipinski definition) is 5. The number of H-pyrrole nitrogens is 1. The number of aromatic amines is 1. The Morgan fingerprint density at radius 2 is 2.50 bits per heavy atom. The Morgan fingerprint density at radius 1 is 1.67 bits per heavy atom. The van der Waals surface area contributed by atoms with Crippen LogP contribution in [0, 0.1) is 0 Å². The average molecular weight is 250 g/mol. The van der Waals surface area contributed by atoms with Crippen molar-refractivity contribution in [3.63, 3.8) is 0 Å². The summed E-state index contributed by atoms with van der Waals surface area (Å²) in [5, 5.41) is 9.28. The van der Waals surface area contributed by atoms with Crippen molar-refractivity contribution in [3.8, 4) is 0 Å². The molecule has 3 heterocycles. The van der Waals surface area contributed by atoms with Crippen molar-refractivity contribution in [2.45, 2.75) is 25.0 Å². The molecule has 0 spiro atoms. The van der Waals surface area contributed by atoms with E-state index in [-0.39, 0.29) is 18.2 Å². The predicted molar refractivity (Wildman–Crippen MR) is 63.2 cm³/mol. The van der Waals surface area contributed by atoms with Crippen molar-refractivity contribution < 1.29 is 9.84 Å². The SMILES string of the molecule is C[C@@]1(CO)CC(n2cnc3c(=O)[nH]cnc32)CO1. The summed E-state index contributed by atoms with van der Waals surface area (Å²) in [5.74, 6) is 0. The molecule has 1 aliphatic heterocycles. The fraction of sp³-hybridized carbons (Fsp3) is 0.545. The van der Waals surface area contributed by atoms with Gasteiger partial charge in [0.2, 0.25) is 0 Å². The largest absolute Gasteiger partial charge is 0.393 e. The minimum atomic E-state index is -0.525. The molecule has 0 bridgehead atoms. The molecule has 1 unspecified atom stereocenters. The van der Waals surface area contributed by atoms with Crippen molar-refractivity contribution in [2.24, 2.45) is 0 Å². The third-order valence-corrected chi connectivity index (χ3v) is 3.38. The number of aromatic nitrogens is 4. The van der Waals surface area contributed by atoms with Crippen LogP contribution in [0.2, 0.25) is 0 Å². The van der Waals surface area contributed by atoms with Gasteiger partial charge in [0.25, 0.3) is 5.56 Å². The number of fused-ring (bicyclic) bond motifs is 1. The van der Waals surface area contributed by atoms with Crippen LogP contribution in [0.5, 0.6) is 0 Å². The van der Waals surface area contributed by atoms with E-state index in [0.29, 0.717) is 24.2 Å². The van der Waals surface area contributed by atoms with Gasteiger partial charge in [-0.25, -0.2) is 9.97 Å². The molecule has 0 saturated carbocycles. The first kappa shape index (κ1) is 11.4. The normalized spacial score (nSPS) is 28.0. The van der Waals surface area contributed by atoms with Gasteiger partial charge in [-0.05, 0) is 6.92 Å². The maximum atomic E-state index is 11.5. The van der Waals surface area contributed by atoms with Gasteiger partial charge in [0.05, 0.1) is 37.5 Å². The maximum absolute atomic E-state index is 11.5. The van der Waals surface area contributed by atoms with Gasteiger partial charge in [-0.1, -0.05) is 0 Å². The van der Waals surface area contributed by atoms with Gasteiger partial charge in [-0.2, -0.15) is 0 Å². The third-order valence-electron chi connectivity index (χ3n) is 3.38. The molecule has 2 atom stereocenters. The standard InChI is InChI=1S/C11H14N4O3/c1-11(4-16)2-7(3-18-11)15-6-14-8-9(15)12-5-13-10(8)17/h5-7,16H,2-4H2,1H3,(H,12,13,17)/t7?,11-/m0/s1. The summed E-state index contributed by atoms with van der Waals surface area (Å²) in [7, 11) is 0. The molecule has 0 radical (unpaired) electrons. The zero-order valence-corrected chi connectivity index (χ0v) is 9.96. The summed E-state index contributed by atoms with van der Waals surface area (Å²) in [4.78, 5) is 22.3. The Kier molecular flexibility index (Phi) is 2.46. The van der Waals surface area contributed by atoms with Crippen LogP contribution in [0.3, 0.4) is 0 Å². The number of aliphatic hydroxyl groups excluding tert-OH is 1. The fourth-order valence-electron chi connectivity index (χ4n) is 2.33. The van der Waals surface area contributed by atoms with E-state index < -0.39 is 5.60 Å². The molecule has 7 heteroatoms. The molecule has 0 aliphatic carbocycles. The molecule has 2 aromatic heterocycles. The zero-order valence-electron chi connectivity index (χ0n) is 9.96. The average Bonchev–Trinajstić information content (AvgIpc) is 2.94. The highest BCUT2D eigenvalue weighted by atomic mass is 16.5. The molecular formula is C11H14N4O3. The van der Waals surface area contributed by atoms with E-state index in [1.54, 1.807) is 6.33 Å². The van der Waals surface area contributed by atoms with Gasteiger partial charge in [-0.3, -0.25) is 4.79 Å². The van der Waals surface area contributed by atoms with E-state index in [0.717, 1.165) is 0 Å². The van der Waals surface area contributed by atoms with Crippen LogP contribution in [-0.4, -0.2) is 43.4 Å². The van der Waals surface area contributed by atoms with E-state index in [1.165, 1.54) is 6.33 Å². The first-order valence-corrected chi connectivity index (χ1v) is 5.78. The highest BCUT2D eigenvalue weighted by Crippen LogP contribution is 2.33. The Labute approximate surface area is 102 Å². The lowest BCUT2D eigenvalue weighted by Crippen LogP contribution is -2.28. The molecule has 7 nitrogen and oxygen atoms in total. The number of rotatable bonds is 2. The Balaban J connectivity index is 2.02. The summed E-state index contributed by atoms with van der Waals surface area (Å²) < 4.78 is 7.43. The summed E-state index contributed by atoms with van der Waals surface area (Å²) >= 11 is 0. The minimum absolute atomic E-state index is 0.0237. The van der Waals surface area contributed by atoms with E-state index in [4.69, 9.17) is 4.74 Å². The second-order valence-electron chi connectivity index (χ2n) is 4.83. The van der Waals surface area contributed by atoms with Crippen LogP contribution in [-0.2, 0) is 4.74 Å². The summed E-state index contributed by atoms with van der Waals surface area (Å²) in [6, 6.07) is 0.0430. The summed E-state index contributed by atoms with van der Waals surface area (Å²) in [5.41, 5.74) is 0.106. The molecule has 18 heavy (non-hydrogen) atoms. The number of aliphatic hydroxyl groups is 1. The second kappa shape index (κ2) is 3.89. The number of nitrogens with zero attached hydrogens (tertiary/aromatic N) is 3. The minimum Gasteiger partial charge on any atom is -0.393 e. The molecule has 1 fully saturated rings. The van der Waals surface area contributed by atoms with Gasteiger partial charge in [0, 0.05) is 6.42 Å². The molecule has 0 amide bonds. The van der Waals surface area contributed by atoms with Gasteiger partial charge in [0.15, 0.2) is 11.2 Å². The third kappa shape index (κ3) is 1.63. The van der Waals surface area contributed by atoms with Crippen molar-refractivity contribution in [1.82, 2.24) is 19.5 Å². The van der Waals surface area contributed by atoms with E-state index in [2.05, 4.69) is 15.0 Å². The Morgan fingerprint density at radius 3 is 3.22 bits per heavy atom. The molecule has 96 valence electrons. The van der Waals surface area contributed by atoms with E-state index in [9.17, 15) is 9.90 Å². The topological polar surface area (TPSA) is 93.0 Å². The monoisotopic (exact) mass is 250 g/mol. The van der Waals surface area contributed by atoms with Crippen molar-refractivity contribution in [2.75, 3.05) is 13.2 Å². The van der Waals surface area contributed by atoms with Crippen LogP contribution in [0.15, 0.2) is 17.4 Å². The van der Waals surface area contributed by atoms with Gasteiger partial charge in [0.1, 0.15) is 0 Å². The lowest BCUT2D eigenvalue weighted by molar-refractivity contribution is -0.0241. The smallest absolute Gasteiger partial charge is 0.278 e. The lowest BCUT2D eigenvalue weighted by Gasteiger charge is -2.19. The van der Waals surface area contributed by atoms with Gasteiger partial charge in [-0.15, -0.1) is 0 Å². The number of imidazole rings is 1. The first-order chi connectivity index (χ1) is 8.63. The highest BCUT2D eigenvalue weighted by Gasteiger charge is 2.37. The van der Waals surface area contributed by atoms with Gasteiger partial charge >= 0.3 is 0 Å². The Hall–Kier alpha value is -1.73. The summed E-state index contributed by atoms with van der Waals surface area (Å²) in [6.07, 6.45) is 3.64. The zero-order chi connectivity index (χ0) is 12.8. The van der Waals surface area contributed by atoms with Crippen molar-refractivity contribution in [1.29, 1.82) is 0 Å². The number of ether oxygens (including phenoxy) is 1. The molecule has 1 saturated heterocycles. The molecular weight excluding hydrogens is 236 g/mol. The summed E-state index contributed by atoms with van der Waals surface area (Å²) in [6.45, 7) is 2.33. The highest BCUT2D eigenvalue weighted by molar-refractivity contribution is 5.68. The number of nitrogens with one attached hydrogen (secondary N) is 1. The predicted octanol–water partition coefficient (Wildman–Crippen LogP) is -0.168. The Bertz CT molecular complexity index is 634. The fourth-order valence-corrected chi connectivity index (χ4v) is 2.33. The van der Waals surface area contributed by atoms with Gasteiger partial charge < -0.3 is 19.4 Å². The van der Waals surface area contributed by atoms with Crippen LogP contribution < -0.4 is 5.56 Å². The number of hydrogen-bond donors (Lipinski definition) is 2. The van der Waals surface area contributed by atoms with Crippen LogP contribution in [0.25, 0.3) is 11.2 Å². The maximum Gasteiger partial charge on any atom is 0.278 e. The molecule has 2 N–H and O–H groups in total. The van der Waals surface area contributed by atoms with Crippen LogP contribution >= 0.6 is 0 Å². The molecule has 0 aromatic carbocycles. The molecule has 1 aliphatic rings. The second-order valence-corrected chi connectivity index (χ2v) is 4.83. The first-order valence-electron chi connectivity index (χ1n) is 5.78. The van der Waals surface area contributed by atoms with E-state index in [1.807, 2.05) is 11.5 Å². The molecule has 3 rings (SSSR count). The van der Waals surface area contributed by atoms with Crippen LogP contribution in [0.1, 0.15) is 19.4 Å². The molecule has 2 aromatic rings. The van der Waals surface area contributed by atoms with E-state index >= 15 is 0 Å². The van der Waals surface area contributed by atoms with Crippen molar-refractivity contribution in [3.05, 3.63) is 23.0 Å². The van der Waals surface area contributed by atoms with Crippen LogP contribution in [0.4, 0.5) is 0 Å². The lowest BCUT2D eigenvalue weighted by atomic mass is 10.0.